The van der Waals surface area contributed by atoms with Crippen molar-refractivity contribution in [1.29, 1.82) is 0 Å². The minimum Gasteiger partial charge on any atom is -0.352 e. The number of aryl methyl sites for hydroxylation is 1. The second kappa shape index (κ2) is 7.44. The van der Waals surface area contributed by atoms with Gasteiger partial charge < -0.3 is 5.32 Å². The summed E-state index contributed by atoms with van der Waals surface area (Å²) in [6, 6.07) is 8.33. The second-order valence-electron chi connectivity index (χ2n) is 4.90. The molecule has 0 aliphatic carbocycles. The van der Waals surface area contributed by atoms with Gasteiger partial charge in [-0.05, 0) is 43.2 Å². The summed E-state index contributed by atoms with van der Waals surface area (Å²) in [5.41, 5.74) is 2.04. The number of nitrogens with one attached hydrogen (secondary N) is 2. The molecule has 1 amide bonds. The molecule has 0 aliphatic rings. The van der Waals surface area contributed by atoms with Crippen LogP contribution < -0.4 is 10.0 Å². The molecule has 0 saturated heterocycles. The van der Waals surface area contributed by atoms with Gasteiger partial charge in [0.05, 0.1) is 4.34 Å². The van der Waals surface area contributed by atoms with Crippen molar-refractivity contribution in [1.82, 2.24) is 10.0 Å². The van der Waals surface area contributed by atoms with Gasteiger partial charge in [-0.2, -0.15) is 0 Å². The van der Waals surface area contributed by atoms with E-state index in [0.717, 1.165) is 22.5 Å². The topological polar surface area (TPSA) is 75.3 Å². The summed E-state index contributed by atoms with van der Waals surface area (Å²) in [4.78, 5) is 11.7. The molecule has 2 aromatic rings. The quantitative estimate of drug-likeness (QED) is 0.818. The van der Waals surface area contributed by atoms with Crippen LogP contribution in [0.2, 0.25) is 4.34 Å². The fourth-order valence-corrected chi connectivity index (χ4v) is 4.62. The van der Waals surface area contributed by atoms with Gasteiger partial charge in [0.25, 0.3) is 5.91 Å². The third-order valence-corrected chi connectivity index (χ3v) is 6.55. The predicted octanol–water partition coefficient (Wildman–Crippen LogP) is 2.94. The Balaban J connectivity index is 2.04. The average molecular weight is 373 g/mol. The first kappa shape index (κ1) is 17.9. The number of halogens is 1. The average Bonchev–Trinajstić information content (AvgIpc) is 2.86. The van der Waals surface area contributed by atoms with Crippen LogP contribution in [-0.4, -0.2) is 20.9 Å². The Labute approximate surface area is 144 Å². The molecule has 1 heterocycles. The van der Waals surface area contributed by atoms with E-state index in [1.54, 1.807) is 37.3 Å². The van der Waals surface area contributed by atoms with Gasteiger partial charge in [-0.1, -0.05) is 23.7 Å². The van der Waals surface area contributed by atoms with Crippen LogP contribution >= 0.6 is 22.9 Å². The lowest BCUT2D eigenvalue weighted by atomic mass is 10.1. The maximum absolute atomic E-state index is 12.2. The Morgan fingerprint density at radius 1 is 1.26 bits per heavy atom. The van der Waals surface area contributed by atoms with Gasteiger partial charge >= 0.3 is 0 Å². The Morgan fingerprint density at radius 2 is 1.91 bits per heavy atom. The molecule has 8 heteroatoms. The van der Waals surface area contributed by atoms with Gasteiger partial charge in [-0.3, -0.25) is 4.79 Å². The first-order valence-corrected chi connectivity index (χ1v) is 9.64. The fourth-order valence-electron chi connectivity index (χ4n) is 1.85. The Kier molecular flexibility index (Phi) is 5.80. The van der Waals surface area contributed by atoms with Gasteiger partial charge in [-0.15, -0.1) is 11.3 Å². The first-order chi connectivity index (χ1) is 10.8. The molecule has 5 nitrogen and oxygen atoms in total. The van der Waals surface area contributed by atoms with Crippen LogP contribution in [0.5, 0.6) is 0 Å². The lowest BCUT2D eigenvalue weighted by Crippen LogP contribution is -2.23. The predicted molar refractivity (Wildman–Crippen MR) is 92.5 cm³/mol. The highest BCUT2D eigenvalue weighted by Gasteiger charge is 2.18. The summed E-state index contributed by atoms with van der Waals surface area (Å²) in [6.45, 7) is 4.31. The fraction of sp³-hybridized carbons (Fsp3) is 0.267. The third kappa shape index (κ3) is 4.54. The summed E-state index contributed by atoms with van der Waals surface area (Å²) in [5, 5.41) is 2.71. The van der Waals surface area contributed by atoms with Crippen molar-refractivity contribution in [2.45, 2.75) is 24.6 Å². The zero-order valence-electron chi connectivity index (χ0n) is 12.7. The number of sulfonamides is 1. The van der Waals surface area contributed by atoms with E-state index in [1.807, 2.05) is 6.92 Å². The molecular weight excluding hydrogens is 356 g/mol. The molecule has 2 rings (SSSR count). The maximum atomic E-state index is 12.2. The summed E-state index contributed by atoms with van der Waals surface area (Å²) < 4.78 is 27.6. The van der Waals surface area contributed by atoms with Gasteiger partial charge in [-0.25, -0.2) is 13.1 Å². The van der Waals surface area contributed by atoms with E-state index < -0.39 is 10.0 Å². The highest BCUT2D eigenvalue weighted by molar-refractivity contribution is 7.91. The largest absolute Gasteiger partial charge is 0.352 e. The van der Waals surface area contributed by atoms with Crippen LogP contribution in [0.3, 0.4) is 0 Å². The lowest BCUT2D eigenvalue weighted by molar-refractivity contribution is 0.0956. The Morgan fingerprint density at radius 3 is 2.43 bits per heavy atom. The smallest absolute Gasteiger partial charge is 0.251 e. The number of hydrogen-bond acceptors (Lipinski definition) is 4. The minimum absolute atomic E-state index is 0.145. The molecule has 0 aliphatic heterocycles. The van der Waals surface area contributed by atoms with Crippen molar-refractivity contribution in [3.05, 3.63) is 51.4 Å². The first-order valence-electron chi connectivity index (χ1n) is 6.96. The summed E-state index contributed by atoms with van der Waals surface area (Å²) >= 11 is 6.94. The van der Waals surface area contributed by atoms with Crippen molar-refractivity contribution in [3.8, 4) is 0 Å². The number of amides is 1. The number of rotatable bonds is 6. The molecule has 0 spiro atoms. The summed E-state index contributed by atoms with van der Waals surface area (Å²) in [5.74, 6) is -0.150. The van der Waals surface area contributed by atoms with Crippen molar-refractivity contribution in [2.24, 2.45) is 0 Å². The van der Waals surface area contributed by atoms with Crippen LogP contribution in [0.4, 0.5) is 0 Å². The van der Waals surface area contributed by atoms with Gasteiger partial charge in [0, 0.05) is 18.7 Å². The van der Waals surface area contributed by atoms with Crippen LogP contribution in [0.15, 0.2) is 34.5 Å². The molecule has 1 aromatic heterocycles. The second-order valence-corrected chi connectivity index (χ2v) is 8.55. The Hall–Kier alpha value is -1.41. The molecular formula is C15H17ClN2O3S2. The van der Waals surface area contributed by atoms with Crippen molar-refractivity contribution >= 4 is 38.9 Å². The van der Waals surface area contributed by atoms with Crippen LogP contribution in [0.1, 0.15) is 28.4 Å². The monoisotopic (exact) mass is 372 g/mol. The number of carbonyl (C=O) groups is 1. The molecule has 23 heavy (non-hydrogen) atoms. The molecule has 0 fully saturated rings. The molecule has 1 aromatic carbocycles. The van der Waals surface area contributed by atoms with Gasteiger partial charge in [0.1, 0.15) is 4.21 Å². The highest BCUT2D eigenvalue weighted by atomic mass is 35.5. The van der Waals surface area contributed by atoms with Crippen molar-refractivity contribution in [3.63, 3.8) is 0 Å². The molecule has 124 valence electrons. The minimum atomic E-state index is -3.59. The summed E-state index contributed by atoms with van der Waals surface area (Å²) in [7, 11) is -3.59. The zero-order chi connectivity index (χ0) is 17.0. The molecule has 2 N–H and O–H groups in total. The van der Waals surface area contributed by atoms with Gasteiger partial charge in [0.2, 0.25) is 10.0 Å². The normalized spacial score (nSPS) is 11.4. The standard InChI is InChI=1S/C15H17ClN2O3S2/c1-3-17-15(19)12-6-4-11(5-7-12)9-18-23(20,21)13-8-10(2)14(16)22-13/h4-8,18H,3,9H2,1-2H3,(H,17,19). The van der Waals surface area contributed by atoms with E-state index >= 15 is 0 Å². The van der Waals surface area contributed by atoms with Crippen molar-refractivity contribution in [2.75, 3.05) is 6.54 Å². The zero-order valence-corrected chi connectivity index (χ0v) is 15.1. The number of benzene rings is 1. The number of hydrogen-bond donors (Lipinski definition) is 2. The molecule has 0 saturated carbocycles. The van der Waals surface area contributed by atoms with E-state index in [9.17, 15) is 13.2 Å². The van der Waals surface area contributed by atoms with E-state index in [0.29, 0.717) is 16.4 Å². The number of thiophene rings is 1. The molecule has 0 bridgehead atoms. The van der Waals surface area contributed by atoms with Crippen LogP contribution in [0.25, 0.3) is 0 Å². The van der Waals surface area contributed by atoms with E-state index in [1.165, 1.54) is 0 Å². The molecule has 0 unspecified atom stereocenters. The lowest BCUT2D eigenvalue weighted by Gasteiger charge is -2.06. The maximum Gasteiger partial charge on any atom is 0.251 e. The highest BCUT2D eigenvalue weighted by Crippen LogP contribution is 2.29. The van der Waals surface area contributed by atoms with E-state index in [2.05, 4.69) is 10.0 Å². The van der Waals surface area contributed by atoms with E-state index in [-0.39, 0.29) is 16.7 Å². The van der Waals surface area contributed by atoms with E-state index in [4.69, 9.17) is 11.6 Å². The SMILES string of the molecule is CCNC(=O)c1ccc(CNS(=O)(=O)c2cc(C)c(Cl)s2)cc1. The van der Waals surface area contributed by atoms with Gasteiger partial charge in [0.15, 0.2) is 0 Å². The van der Waals surface area contributed by atoms with Crippen molar-refractivity contribution < 1.29 is 13.2 Å². The number of carbonyl (C=O) groups excluding carboxylic acids is 1. The summed E-state index contributed by atoms with van der Waals surface area (Å²) in [6.07, 6.45) is 0. The third-order valence-electron chi connectivity index (χ3n) is 3.12. The Bertz CT molecular complexity index is 779. The van der Waals surface area contributed by atoms with Crippen LogP contribution in [0, 0.1) is 6.92 Å². The molecule has 0 radical (unpaired) electrons. The van der Waals surface area contributed by atoms with Crippen LogP contribution in [-0.2, 0) is 16.6 Å². The molecule has 0 atom stereocenters.